The van der Waals surface area contributed by atoms with Crippen LogP contribution < -0.4 is 0 Å². The van der Waals surface area contributed by atoms with Crippen LogP contribution in [0.5, 0.6) is 0 Å². The van der Waals surface area contributed by atoms with E-state index in [4.69, 9.17) is 5.11 Å². The minimum Gasteiger partial charge on any atom is -0.394 e. The molecule has 1 N–H and O–H groups in total. The fourth-order valence-electron chi connectivity index (χ4n) is 1.82. The standard InChI is InChI=1S/C8H15NO2/c1-6-3-4-8(5-10)9(6)7(2)11/h6,8,10H,3-5H2,1-2H3/t6-,8-/m0/s1. The van der Waals surface area contributed by atoms with Gasteiger partial charge < -0.3 is 10.0 Å². The summed E-state index contributed by atoms with van der Waals surface area (Å²) in [5.74, 6) is 0.0778. The third-order valence-electron chi connectivity index (χ3n) is 2.36. The number of rotatable bonds is 1. The van der Waals surface area contributed by atoms with Gasteiger partial charge in [-0.25, -0.2) is 0 Å². The highest BCUT2D eigenvalue weighted by molar-refractivity contribution is 5.74. The molecule has 0 bridgehead atoms. The first-order valence-electron chi connectivity index (χ1n) is 4.06. The molecule has 2 atom stereocenters. The molecule has 64 valence electrons. The van der Waals surface area contributed by atoms with Gasteiger partial charge in [0.25, 0.3) is 0 Å². The fourth-order valence-corrected chi connectivity index (χ4v) is 1.82. The average Bonchev–Trinajstić information content (AvgIpc) is 2.30. The third kappa shape index (κ3) is 1.53. The van der Waals surface area contributed by atoms with Gasteiger partial charge in [-0.05, 0) is 19.8 Å². The van der Waals surface area contributed by atoms with Crippen molar-refractivity contribution >= 4 is 5.91 Å². The number of nitrogens with zero attached hydrogens (tertiary/aromatic N) is 1. The molecule has 0 aromatic heterocycles. The molecule has 1 rings (SSSR count). The molecule has 1 amide bonds. The Kier molecular flexibility index (Phi) is 2.49. The largest absolute Gasteiger partial charge is 0.394 e. The normalized spacial score (nSPS) is 31.0. The van der Waals surface area contributed by atoms with E-state index < -0.39 is 0 Å². The molecular formula is C8H15NO2. The van der Waals surface area contributed by atoms with Crippen LogP contribution in [0.2, 0.25) is 0 Å². The third-order valence-corrected chi connectivity index (χ3v) is 2.36. The van der Waals surface area contributed by atoms with Crippen molar-refractivity contribution in [3.8, 4) is 0 Å². The van der Waals surface area contributed by atoms with Crippen LogP contribution in [0.1, 0.15) is 26.7 Å². The maximum atomic E-state index is 11.0. The summed E-state index contributed by atoms with van der Waals surface area (Å²) in [6, 6.07) is 0.382. The first kappa shape index (κ1) is 8.53. The van der Waals surface area contributed by atoms with Gasteiger partial charge in [-0.1, -0.05) is 0 Å². The molecule has 11 heavy (non-hydrogen) atoms. The van der Waals surface area contributed by atoms with Gasteiger partial charge in [0.1, 0.15) is 0 Å². The van der Waals surface area contributed by atoms with Crippen LogP contribution in [0.3, 0.4) is 0 Å². The topological polar surface area (TPSA) is 40.5 Å². The molecule has 0 spiro atoms. The van der Waals surface area contributed by atoms with E-state index in [1.807, 2.05) is 6.92 Å². The van der Waals surface area contributed by atoms with Crippen LogP contribution in [0, 0.1) is 0 Å². The lowest BCUT2D eigenvalue weighted by Gasteiger charge is -2.25. The predicted octanol–water partition coefficient (Wildman–Crippen LogP) is 0.378. The molecule has 3 heteroatoms. The Labute approximate surface area is 67.0 Å². The highest BCUT2D eigenvalue weighted by atomic mass is 16.3. The second kappa shape index (κ2) is 3.22. The monoisotopic (exact) mass is 157 g/mol. The zero-order chi connectivity index (χ0) is 8.43. The van der Waals surface area contributed by atoms with Gasteiger partial charge in [-0.2, -0.15) is 0 Å². The number of carbonyl (C=O) groups excluding carboxylic acids is 1. The van der Waals surface area contributed by atoms with Crippen LogP contribution in [0.4, 0.5) is 0 Å². The van der Waals surface area contributed by atoms with E-state index in [9.17, 15) is 4.79 Å². The van der Waals surface area contributed by atoms with Crippen molar-refractivity contribution in [1.29, 1.82) is 0 Å². The molecule has 1 aliphatic heterocycles. The Morgan fingerprint density at radius 1 is 1.64 bits per heavy atom. The van der Waals surface area contributed by atoms with Gasteiger partial charge in [-0.3, -0.25) is 4.79 Å². The smallest absolute Gasteiger partial charge is 0.220 e. The van der Waals surface area contributed by atoms with Crippen molar-refractivity contribution in [3.05, 3.63) is 0 Å². The maximum absolute atomic E-state index is 11.0. The summed E-state index contributed by atoms with van der Waals surface area (Å²) >= 11 is 0. The summed E-state index contributed by atoms with van der Waals surface area (Å²) in [5.41, 5.74) is 0. The first-order chi connectivity index (χ1) is 5.16. The van der Waals surface area contributed by atoms with E-state index >= 15 is 0 Å². The maximum Gasteiger partial charge on any atom is 0.220 e. The number of hydrogen-bond donors (Lipinski definition) is 1. The van der Waals surface area contributed by atoms with Gasteiger partial charge >= 0.3 is 0 Å². The molecule has 1 aliphatic rings. The lowest BCUT2D eigenvalue weighted by molar-refractivity contribution is -0.132. The number of likely N-dealkylation sites (tertiary alicyclic amines) is 1. The summed E-state index contributed by atoms with van der Waals surface area (Å²) in [6.45, 7) is 3.69. The molecule has 0 aliphatic carbocycles. The molecule has 0 unspecified atom stereocenters. The number of amides is 1. The Bertz CT molecular complexity index is 158. The summed E-state index contributed by atoms with van der Waals surface area (Å²) < 4.78 is 0. The summed E-state index contributed by atoms with van der Waals surface area (Å²) in [6.07, 6.45) is 1.96. The zero-order valence-electron chi connectivity index (χ0n) is 7.08. The molecule has 1 saturated heterocycles. The number of aliphatic hydroxyl groups is 1. The van der Waals surface area contributed by atoms with Crippen LogP contribution in [-0.4, -0.2) is 34.6 Å². The zero-order valence-corrected chi connectivity index (χ0v) is 7.08. The molecule has 1 heterocycles. The first-order valence-corrected chi connectivity index (χ1v) is 4.06. The van der Waals surface area contributed by atoms with Crippen molar-refractivity contribution in [2.24, 2.45) is 0 Å². The van der Waals surface area contributed by atoms with Gasteiger partial charge in [0, 0.05) is 13.0 Å². The van der Waals surface area contributed by atoms with Crippen LogP contribution >= 0.6 is 0 Å². The molecule has 1 fully saturated rings. The predicted molar refractivity (Wildman–Crippen MR) is 42.1 cm³/mol. The Morgan fingerprint density at radius 2 is 2.27 bits per heavy atom. The van der Waals surface area contributed by atoms with E-state index in [0.29, 0.717) is 6.04 Å². The van der Waals surface area contributed by atoms with E-state index in [-0.39, 0.29) is 18.6 Å². The van der Waals surface area contributed by atoms with E-state index in [1.54, 1.807) is 11.8 Å². The van der Waals surface area contributed by atoms with Crippen molar-refractivity contribution in [1.82, 2.24) is 4.90 Å². The number of hydrogen-bond acceptors (Lipinski definition) is 2. The fraction of sp³-hybridized carbons (Fsp3) is 0.875. The van der Waals surface area contributed by atoms with Crippen LogP contribution in [0.15, 0.2) is 0 Å². The Balaban J connectivity index is 2.63. The second-order valence-corrected chi connectivity index (χ2v) is 3.19. The van der Waals surface area contributed by atoms with E-state index in [2.05, 4.69) is 0 Å². The molecule has 0 aromatic rings. The van der Waals surface area contributed by atoms with Crippen molar-refractivity contribution < 1.29 is 9.90 Å². The lowest BCUT2D eigenvalue weighted by atomic mass is 10.2. The van der Waals surface area contributed by atoms with Crippen molar-refractivity contribution in [2.75, 3.05) is 6.61 Å². The van der Waals surface area contributed by atoms with Crippen molar-refractivity contribution in [3.63, 3.8) is 0 Å². The minimum atomic E-state index is 0.0718. The number of carbonyl (C=O) groups is 1. The Hall–Kier alpha value is -0.570. The van der Waals surface area contributed by atoms with E-state index in [0.717, 1.165) is 12.8 Å². The SMILES string of the molecule is CC(=O)N1[C@H](CO)CC[C@@H]1C. The average molecular weight is 157 g/mol. The molecular weight excluding hydrogens is 142 g/mol. The lowest BCUT2D eigenvalue weighted by Crippen LogP contribution is -2.40. The van der Waals surface area contributed by atoms with Gasteiger partial charge in [0.15, 0.2) is 0 Å². The molecule has 0 saturated carbocycles. The minimum absolute atomic E-state index is 0.0718. The Morgan fingerprint density at radius 3 is 2.64 bits per heavy atom. The van der Waals surface area contributed by atoms with Crippen molar-refractivity contribution in [2.45, 2.75) is 38.8 Å². The summed E-state index contributed by atoms with van der Waals surface area (Å²) in [5, 5.41) is 8.91. The number of aliphatic hydroxyl groups excluding tert-OH is 1. The van der Waals surface area contributed by atoms with Gasteiger partial charge in [-0.15, -0.1) is 0 Å². The summed E-state index contributed by atoms with van der Waals surface area (Å²) in [4.78, 5) is 12.8. The van der Waals surface area contributed by atoms with Crippen LogP contribution in [-0.2, 0) is 4.79 Å². The van der Waals surface area contributed by atoms with Gasteiger partial charge in [0.05, 0.1) is 12.6 Å². The van der Waals surface area contributed by atoms with Crippen LogP contribution in [0.25, 0.3) is 0 Å². The molecule has 3 nitrogen and oxygen atoms in total. The molecule has 0 radical (unpaired) electrons. The molecule has 0 aromatic carbocycles. The summed E-state index contributed by atoms with van der Waals surface area (Å²) in [7, 11) is 0. The quantitative estimate of drug-likeness (QED) is 0.597. The van der Waals surface area contributed by atoms with E-state index in [1.165, 1.54) is 0 Å². The van der Waals surface area contributed by atoms with Gasteiger partial charge in [0.2, 0.25) is 5.91 Å². The second-order valence-electron chi connectivity index (χ2n) is 3.19. The highest BCUT2D eigenvalue weighted by Gasteiger charge is 2.31. The highest BCUT2D eigenvalue weighted by Crippen LogP contribution is 2.23.